The van der Waals surface area contributed by atoms with Crippen molar-refractivity contribution in [2.45, 2.75) is 78.2 Å². The minimum atomic E-state index is -0.0437. The molecule has 0 spiro atoms. The summed E-state index contributed by atoms with van der Waals surface area (Å²) in [4.78, 5) is 31.3. The fourth-order valence-electron chi connectivity index (χ4n) is 4.53. The summed E-state index contributed by atoms with van der Waals surface area (Å²) in [6, 6.07) is 0. The standard InChI is InChI=1S/C21H34N4O3/c1-3-4-5-16-6-8-18(9-7-16)21(27)25-12-10-17(11-13-25)20(26)22-14-19-23-15(2)24-28-19/h16-18H,3-14H2,1-2H3,(H,22,26). The van der Waals surface area contributed by atoms with Gasteiger partial charge in [0, 0.05) is 24.9 Å². The van der Waals surface area contributed by atoms with Crippen molar-refractivity contribution in [1.29, 1.82) is 0 Å². The number of piperidine rings is 1. The fourth-order valence-corrected chi connectivity index (χ4v) is 4.53. The van der Waals surface area contributed by atoms with Gasteiger partial charge in [0.2, 0.25) is 17.7 Å². The normalized spacial score (nSPS) is 23.6. The molecule has 0 bridgehead atoms. The highest BCUT2D eigenvalue weighted by atomic mass is 16.5. The number of unbranched alkanes of at least 4 members (excludes halogenated alkanes) is 1. The summed E-state index contributed by atoms with van der Waals surface area (Å²) < 4.78 is 5.02. The van der Waals surface area contributed by atoms with Crippen LogP contribution in [-0.4, -0.2) is 39.9 Å². The third-order valence-corrected chi connectivity index (χ3v) is 6.32. The third-order valence-electron chi connectivity index (χ3n) is 6.32. The molecule has 2 heterocycles. The minimum Gasteiger partial charge on any atom is -0.347 e. The second kappa shape index (κ2) is 10.0. The van der Waals surface area contributed by atoms with Crippen LogP contribution in [0.4, 0.5) is 0 Å². The molecule has 1 aromatic heterocycles. The SMILES string of the molecule is CCCCC1CCC(C(=O)N2CCC(C(=O)NCc3nc(C)no3)CC2)CC1. The first-order chi connectivity index (χ1) is 13.6. The predicted octanol–water partition coefficient (Wildman–Crippen LogP) is 3.23. The molecule has 0 atom stereocenters. The molecule has 0 aromatic carbocycles. The summed E-state index contributed by atoms with van der Waals surface area (Å²) >= 11 is 0. The topological polar surface area (TPSA) is 88.3 Å². The zero-order valence-electron chi connectivity index (χ0n) is 17.3. The number of hydrogen-bond donors (Lipinski definition) is 1. The fraction of sp³-hybridized carbons (Fsp3) is 0.810. The third kappa shape index (κ3) is 5.55. The Bertz CT molecular complexity index is 644. The van der Waals surface area contributed by atoms with Crippen molar-refractivity contribution in [3.8, 4) is 0 Å². The van der Waals surface area contributed by atoms with Crippen molar-refractivity contribution in [2.24, 2.45) is 17.8 Å². The largest absolute Gasteiger partial charge is 0.347 e. The number of likely N-dealkylation sites (tertiary alicyclic amines) is 1. The van der Waals surface area contributed by atoms with Crippen LogP contribution in [-0.2, 0) is 16.1 Å². The number of carbonyl (C=O) groups is 2. The highest BCUT2D eigenvalue weighted by Gasteiger charge is 2.32. The van der Waals surface area contributed by atoms with E-state index in [-0.39, 0.29) is 24.3 Å². The van der Waals surface area contributed by atoms with E-state index in [1.54, 1.807) is 6.92 Å². The van der Waals surface area contributed by atoms with Gasteiger partial charge < -0.3 is 14.7 Å². The van der Waals surface area contributed by atoms with Crippen LogP contribution in [0.25, 0.3) is 0 Å². The maximum absolute atomic E-state index is 12.9. The van der Waals surface area contributed by atoms with Gasteiger partial charge in [0.05, 0.1) is 6.54 Å². The Kier molecular flexibility index (Phi) is 7.45. The summed E-state index contributed by atoms with van der Waals surface area (Å²) in [6.45, 7) is 5.63. The quantitative estimate of drug-likeness (QED) is 0.772. The van der Waals surface area contributed by atoms with E-state index < -0.39 is 0 Å². The number of nitrogens with one attached hydrogen (secondary N) is 1. The van der Waals surface area contributed by atoms with E-state index in [0.717, 1.165) is 31.6 Å². The molecule has 7 nitrogen and oxygen atoms in total. The summed E-state index contributed by atoms with van der Waals surface area (Å²) in [6.07, 6.45) is 9.82. The molecule has 7 heteroatoms. The second-order valence-corrected chi connectivity index (χ2v) is 8.41. The Morgan fingerprint density at radius 1 is 1.11 bits per heavy atom. The van der Waals surface area contributed by atoms with Gasteiger partial charge in [0.25, 0.3) is 0 Å². The smallest absolute Gasteiger partial charge is 0.246 e. The molecule has 1 aliphatic carbocycles. The molecule has 0 unspecified atom stereocenters. The van der Waals surface area contributed by atoms with Gasteiger partial charge in [-0.1, -0.05) is 31.3 Å². The number of nitrogens with zero attached hydrogens (tertiary/aromatic N) is 3. The molecule has 156 valence electrons. The van der Waals surface area contributed by atoms with Crippen LogP contribution in [0, 0.1) is 24.7 Å². The monoisotopic (exact) mass is 390 g/mol. The van der Waals surface area contributed by atoms with Gasteiger partial charge in [-0.3, -0.25) is 9.59 Å². The van der Waals surface area contributed by atoms with Crippen LogP contribution in [0.1, 0.15) is 76.4 Å². The lowest BCUT2D eigenvalue weighted by Crippen LogP contribution is -2.45. The number of amides is 2. The van der Waals surface area contributed by atoms with E-state index in [1.807, 2.05) is 4.90 Å². The molecular formula is C21H34N4O3. The molecule has 1 saturated heterocycles. The van der Waals surface area contributed by atoms with E-state index in [9.17, 15) is 9.59 Å². The van der Waals surface area contributed by atoms with E-state index in [0.29, 0.717) is 30.7 Å². The van der Waals surface area contributed by atoms with Crippen LogP contribution in [0.15, 0.2) is 4.52 Å². The summed E-state index contributed by atoms with van der Waals surface area (Å²) in [5.74, 6) is 2.29. The maximum Gasteiger partial charge on any atom is 0.246 e. The lowest BCUT2D eigenvalue weighted by atomic mass is 9.79. The first-order valence-electron chi connectivity index (χ1n) is 10.9. The number of carbonyl (C=O) groups excluding carboxylic acids is 2. The molecule has 1 aliphatic heterocycles. The predicted molar refractivity (Wildman–Crippen MR) is 105 cm³/mol. The van der Waals surface area contributed by atoms with Gasteiger partial charge in [-0.25, -0.2) is 0 Å². The van der Waals surface area contributed by atoms with Crippen LogP contribution < -0.4 is 5.32 Å². The van der Waals surface area contributed by atoms with Crippen LogP contribution >= 0.6 is 0 Å². The molecule has 1 N–H and O–H groups in total. The average Bonchev–Trinajstić information content (AvgIpc) is 3.15. The van der Waals surface area contributed by atoms with E-state index in [2.05, 4.69) is 22.4 Å². The summed E-state index contributed by atoms with van der Waals surface area (Å²) in [7, 11) is 0. The Balaban J connectivity index is 1.37. The molecule has 28 heavy (non-hydrogen) atoms. The number of aryl methyl sites for hydroxylation is 1. The molecule has 2 aliphatic rings. The van der Waals surface area contributed by atoms with Crippen LogP contribution in [0.2, 0.25) is 0 Å². The lowest BCUT2D eigenvalue weighted by Gasteiger charge is -2.36. The van der Waals surface area contributed by atoms with Crippen molar-refractivity contribution in [3.05, 3.63) is 11.7 Å². The van der Waals surface area contributed by atoms with Gasteiger partial charge in [-0.15, -0.1) is 0 Å². The summed E-state index contributed by atoms with van der Waals surface area (Å²) in [5.41, 5.74) is 0. The van der Waals surface area contributed by atoms with Crippen molar-refractivity contribution in [3.63, 3.8) is 0 Å². The zero-order valence-corrected chi connectivity index (χ0v) is 17.3. The van der Waals surface area contributed by atoms with Gasteiger partial charge in [-0.2, -0.15) is 4.98 Å². The first kappa shape index (κ1) is 20.8. The van der Waals surface area contributed by atoms with Crippen molar-refractivity contribution in [2.75, 3.05) is 13.1 Å². The molecular weight excluding hydrogens is 356 g/mol. The highest BCUT2D eigenvalue weighted by molar-refractivity contribution is 5.81. The van der Waals surface area contributed by atoms with Gasteiger partial charge in [0.15, 0.2) is 5.82 Å². The van der Waals surface area contributed by atoms with E-state index in [1.165, 1.54) is 32.1 Å². The van der Waals surface area contributed by atoms with Crippen molar-refractivity contribution in [1.82, 2.24) is 20.4 Å². The zero-order chi connectivity index (χ0) is 19.9. The van der Waals surface area contributed by atoms with E-state index >= 15 is 0 Å². The Morgan fingerprint density at radius 2 is 1.82 bits per heavy atom. The van der Waals surface area contributed by atoms with Gasteiger partial charge in [-0.05, 0) is 51.4 Å². The van der Waals surface area contributed by atoms with Gasteiger partial charge >= 0.3 is 0 Å². The van der Waals surface area contributed by atoms with Crippen molar-refractivity contribution >= 4 is 11.8 Å². The van der Waals surface area contributed by atoms with Gasteiger partial charge in [0.1, 0.15) is 0 Å². The Hall–Kier alpha value is -1.92. The molecule has 2 fully saturated rings. The second-order valence-electron chi connectivity index (χ2n) is 8.41. The molecule has 3 rings (SSSR count). The van der Waals surface area contributed by atoms with Crippen molar-refractivity contribution < 1.29 is 14.1 Å². The number of aromatic nitrogens is 2. The summed E-state index contributed by atoms with van der Waals surface area (Å²) in [5, 5.41) is 6.59. The average molecular weight is 391 g/mol. The molecule has 1 aromatic rings. The number of hydrogen-bond acceptors (Lipinski definition) is 5. The Labute approximate surface area is 167 Å². The van der Waals surface area contributed by atoms with Crippen LogP contribution in [0.3, 0.4) is 0 Å². The molecule has 0 radical (unpaired) electrons. The first-order valence-corrected chi connectivity index (χ1v) is 10.9. The molecule has 2 amide bonds. The lowest BCUT2D eigenvalue weighted by molar-refractivity contribution is -0.140. The van der Waals surface area contributed by atoms with Crippen LogP contribution in [0.5, 0.6) is 0 Å². The Morgan fingerprint density at radius 3 is 2.43 bits per heavy atom. The number of rotatable bonds is 7. The molecule has 1 saturated carbocycles. The maximum atomic E-state index is 12.9. The van der Waals surface area contributed by atoms with E-state index in [4.69, 9.17) is 4.52 Å². The highest BCUT2D eigenvalue weighted by Crippen LogP contribution is 2.33. The minimum absolute atomic E-state index is 0.0133.